The van der Waals surface area contributed by atoms with Gasteiger partial charge in [0.1, 0.15) is 17.6 Å². The highest BCUT2D eigenvalue weighted by Gasteiger charge is 2.30. The molecular formula is C16H18BrNO2S. The number of rotatable bonds is 4. The Morgan fingerprint density at radius 2 is 2.29 bits per heavy atom. The van der Waals surface area contributed by atoms with Crippen molar-refractivity contribution in [2.75, 3.05) is 13.7 Å². The summed E-state index contributed by atoms with van der Waals surface area (Å²) in [5.74, 6) is 1.82. The molecule has 0 radical (unpaired) electrons. The van der Waals surface area contributed by atoms with Crippen molar-refractivity contribution < 1.29 is 9.47 Å². The first-order valence-corrected chi connectivity index (χ1v) is 8.70. The van der Waals surface area contributed by atoms with Gasteiger partial charge in [-0.15, -0.1) is 11.3 Å². The minimum Gasteiger partial charge on any atom is -0.497 e. The molecule has 0 saturated heterocycles. The number of nitrogens with one attached hydrogen (secondary N) is 1. The van der Waals surface area contributed by atoms with Crippen LogP contribution in [-0.4, -0.2) is 13.7 Å². The summed E-state index contributed by atoms with van der Waals surface area (Å²) in [7, 11) is 1.69. The number of ether oxygens (including phenoxy) is 2. The lowest BCUT2D eigenvalue weighted by atomic mass is 9.95. The van der Waals surface area contributed by atoms with Crippen LogP contribution in [0.3, 0.4) is 0 Å². The first-order valence-electron chi connectivity index (χ1n) is 7.03. The summed E-state index contributed by atoms with van der Waals surface area (Å²) >= 11 is 5.25. The highest BCUT2D eigenvalue weighted by Crippen LogP contribution is 2.43. The molecule has 0 amide bonds. The first-order chi connectivity index (χ1) is 10.2. The number of halogens is 1. The minimum absolute atomic E-state index is 0.103. The quantitative estimate of drug-likeness (QED) is 0.849. The van der Waals surface area contributed by atoms with Crippen LogP contribution < -0.4 is 14.8 Å². The lowest BCUT2D eigenvalue weighted by Crippen LogP contribution is -2.28. The molecule has 0 spiro atoms. The van der Waals surface area contributed by atoms with Crippen LogP contribution in [0, 0.1) is 0 Å². The fraction of sp³-hybridized carbons (Fsp3) is 0.375. The van der Waals surface area contributed by atoms with E-state index in [1.165, 1.54) is 10.4 Å². The molecule has 1 aliphatic rings. The molecule has 2 atom stereocenters. The van der Waals surface area contributed by atoms with E-state index in [1.54, 1.807) is 18.4 Å². The van der Waals surface area contributed by atoms with Gasteiger partial charge in [0.05, 0.1) is 7.11 Å². The monoisotopic (exact) mass is 367 g/mol. The summed E-state index contributed by atoms with van der Waals surface area (Å²) in [6, 6.07) is 8.47. The maximum Gasteiger partial charge on any atom is 0.135 e. The second-order valence-corrected chi connectivity index (χ2v) is 6.88. The Hall–Kier alpha value is -1.04. The van der Waals surface area contributed by atoms with Crippen molar-refractivity contribution in [1.29, 1.82) is 0 Å². The molecule has 112 valence electrons. The van der Waals surface area contributed by atoms with Crippen molar-refractivity contribution >= 4 is 27.3 Å². The van der Waals surface area contributed by atoms with Gasteiger partial charge in [0.25, 0.3) is 0 Å². The van der Waals surface area contributed by atoms with Gasteiger partial charge in [-0.1, -0.05) is 6.92 Å². The van der Waals surface area contributed by atoms with Gasteiger partial charge in [0.15, 0.2) is 0 Å². The van der Waals surface area contributed by atoms with Gasteiger partial charge in [0.2, 0.25) is 0 Å². The van der Waals surface area contributed by atoms with Gasteiger partial charge in [-0.2, -0.15) is 0 Å². The Morgan fingerprint density at radius 1 is 1.43 bits per heavy atom. The lowest BCUT2D eigenvalue weighted by Gasteiger charge is -2.32. The first kappa shape index (κ1) is 14.9. The van der Waals surface area contributed by atoms with Crippen molar-refractivity contribution in [2.45, 2.75) is 25.5 Å². The fourth-order valence-electron chi connectivity index (χ4n) is 2.69. The van der Waals surface area contributed by atoms with E-state index in [0.29, 0.717) is 6.04 Å². The number of fused-ring (bicyclic) bond motifs is 1. The van der Waals surface area contributed by atoms with Crippen molar-refractivity contribution in [3.63, 3.8) is 0 Å². The third kappa shape index (κ3) is 3.10. The molecule has 1 aromatic heterocycles. The maximum atomic E-state index is 6.20. The maximum absolute atomic E-state index is 6.20. The molecule has 2 heterocycles. The zero-order chi connectivity index (χ0) is 14.8. The van der Waals surface area contributed by atoms with Gasteiger partial charge in [-0.3, -0.25) is 0 Å². The summed E-state index contributed by atoms with van der Waals surface area (Å²) in [6.45, 7) is 3.06. The predicted octanol–water partition coefficient (Wildman–Crippen LogP) is 4.69. The van der Waals surface area contributed by atoms with Gasteiger partial charge < -0.3 is 14.8 Å². The molecule has 5 heteroatoms. The average molecular weight is 368 g/mol. The van der Waals surface area contributed by atoms with E-state index < -0.39 is 0 Å². The molecule has 2 aromatic rings. The SMILES string of the molecule is CCNC1CC(c2cc(Br)cs2)Oc2ccc(OC)cc21. The van der Waals surface area contributed by atoms with Crippen molar-refractivity contribution in [3.05, 3.63) is 44.6 Å². The zero-order valence-electron chi connectivity index (χ0n) is 12.1. The van der Waals surface area contributed by atoms with Gasteiger partial charge >= 0.3 is 0 Å². The summed E-state index contributed by atoms with van der Waals surface area (Å²) in [6.07, 6.45) is 1.03. The summed E-state index contributed by atoms with van der Waals surface area (Å²) in [5, 5.41) is 5.66. The molecule has 2 unspecified atom stereocenters. The third-order valence-corrected chi connectivity index (χ3v) is 5.45. The number of methoxy groups -OCH3 is 1. The molecule has 21 heavy (non-hydrogen) atoms. The van der Waals surface area contributed by atoms with E-state index in [2.05, 4.69) is 45.7 Å². The van der Waals surface area contributed by atoms with Crippen LogP contribution in [0.5, 0.6) is 11.5 Å². The Morgan fingerprint density at radius 3 is 2.95 bits per heavy atom. The average Bonchev–Trinajstić information content (AvgIpc) is 2.93. The largest absolute Gasteiger partial charge is 0.497 e. The molecule has 3 rings (SSSR count). The molecule has 1 N–H and O–H groups in total. The van der Waals surface area contributed by atoms with Crippen LogP contribution in [0.2, 0.25) is 0 Å². The summed E-state index contributed by atoms with van der Waals surface area (Å²) < 4.78 is 12.7. The Labute approximate surface area is 137 Å². The second kappa shape index (κ2) is 6.38. The van der Waals surface area contributed by atoms with Gasteiger partial charge in [0, 0.05) is 32.8 Å². The van der Waals surface area contributed by atoms with Crippen molar-refractivity contribution in [1.82, 2.24) is 5.32 Å². The standard InChI is InChI=1S/C16H18BrNO2S/c1-3-18-13-8-15(16-6-10(17)9-21-16)20-14-5-4-11(19-2)7-12(13)14/h4-7,9,13,15,18H,3,8H2,1-2H3. The second-order valence-electron chi connectivity index (χ2n) is 5.02. The number of hydrogen-bond acceptors (Lipinski definition) is 4. The highest BCUT2D eigenvalue weighted by atomic mass is 79.9. The van der Waals surface area contributed by atoms with Crippen LogP contribution in [0.1, 0.15) is 35.9 Å². The van der Waals surface area contributed by atoms with Gasteiger partial charge in [-0.25, -0.2) is 0 Å². The van der Waals surface area contributed by atoms with Gasteiger partial charge in [-0.05, 0) is 46.7 Å². The Kier molecular flexibility index (Phi) is 4.52. The van der Waals surface area contributed by atoms with E-state index in [0.717, 1.165) is 28.9 Å². The summed E-state index contributed by atoms with van der Waals surface area (Å²) in [4.78, 5) is 1.26. The molecule has 0 bridgehead atoms. The highest BCUT2D eigenvalue weighted by molar-refractivity contribution is 9.10. The van der Waals surface area contributed by atoms with Crippen LogP contribution >= 0.6 is 27.3 Å². The van der Waals surface area contributed by atoms with Crippen LogP contribution in [-0.2, 0) is 0 Å². The molecule has 1 aliphatic heterocycles. The Bertz CT molecular complexity index is 628. The molecule has 3 nitrogen and oxygen atoms in total. The van der Waals surface area contributed by atoms with E-state index in [1.807, 2.05) is 12.1 Å². The molecule has 0 saturated carbocycles. The van der Waals surface area contributed by atoms with Crippen LogP contribution in [0.15, 0.2) is 34.1 Å². The van der Waals surface area contributed by atoms with Crippen molar-refractivity contribution in [3.8, 4) is 11.5 Å². The fourth-order valence-corrected chi connectivity index (χ4v) is 4.17. The number of benzene rings is 1. The topological polar surface area (TPSA) is 30.5 Å². The van der Waals surface area contributed by atoms with Crippen molar-refractivity contribution in [2.24, 2.45) is 0 Å². The third-order valence-electron chi connectivity index (χ3n) is 3.67. The minimum atomic E-state index is 0.103. The number of thiophene rings is 1. The van der Waals surface area contributed by atoms with Crippen LogP contribution in [0.4, 0.5) is 0 Å². The predicted molar refractivity (Wildman–Crippen MR) is 89.4 cm³/mol. The summed E-state index contributed by atoms with van der Waals surface area (Å²) in [5.41, 5.74) is 1.18. The Balaban J connectivity index is 1.93. The van der Waals surface area contributed by atoms with E-state index in [-0.39, 0.29) is 6.10 Å². The molecule has 1 aromatic carbocycles. The molecule has 0 fully saturated rings. The van der Waals surface area contributed by atoms with E-state index >= 15 is 0 Å². The smallest absolute Gasteiger partial charge is 0.135 e. The van der Waals surface area contributed by atoms with Crippen LogP contribution in [0.25, 0.3) is 0 Å². The zero-order valence-corrected chi connectivity index (χ0v) is 14.5. The normalized spacial score (nSPS) is 20.7. The van der Waals surface area contributed by atoms with E-state index in [4.69, 9.17) is 9.47 Å². The lowest BCUT2D eigenvalue weighted by molar-refractivity contribution is 0.155. The van der Waals surface area contributed by atoms with E-state index in [9.17, 15) is 0 Å². The molecule has 0 aliphatic carbocycles. The molecular weight excluding hydrogens is 350 g/mol. The number of hydrogen-bond donors (Lipinski definition) is 1.